The lowest BCUT2D eigenvalue weighted by molar-refractivity contribution is -0.140. The maximum Gasteiger partial charge on any atom is 0.133 e. The van der Waals surface area contributed by atoms with Crippen LogP contribution in [0.1, 0.15) is 71.6 Å². The summed E-state index contributed by atoms with van der Waals surface area (Å²) >= 11 is 0. The summed E-state index contributed by atoms with van der Waals surface area (Å²) in [5.41, 5.74) is 0.519. The van der Waals surface area contributed by atoms with Crippen LogP contribution in [0.25, 0.3) is 0 Å². The Morgan fingerprint density at radius 1 is 0.905 bits per heavy atom. The molecule has 0 N–H and O–H groups in total. The van der Waals surface area contributed by atoms with Crippen molar-refractivity contribution in [2.75, 3.05) is 0 Å². The van der Waals surface area contributed by atoms with Crippen molar-refractivity contribution in [1.29, 1.82) is 0 Å². The maximum atomic E-state index is 12.1. The molecule has 0 amide bonds. The predicted molar refractivity (Wildman–Crippen MR) is 81.7 cm³/mol. The molecule has 4 aliphatic carbocycles. The monoisotopic (exact) mass is 288 g/mol. The number of fused-ring (bicyclic) bond motifs is 5. The van der Waals surface area contributed by atoms with Crippen LogP contribution in [-0.2, 0) is 9.59 Å². The van der Waals surface area contributed by atoms with Crippen molar-refractivity contribution < 1.29 is 9.59 Å². The highest BCUT2D eigenvalue weighted by Crippen LogP contribution is 2.65. The summed E-state index contributed by atoms with van der Waals surface area (Å²) in [4.78, 5) is 24.1. The molecular formula is C19H28O2. The summed E-state index contributed by atoms with van der Waals surface area (Å²) in [7, 11) is 0. The third kappa shape index (κ3) is 1.90. The highest BCUT2D eigenvalue weighted by molar-refractivity contribution is 5.82. The molecule has 6 atom stereocenters. The van der Waals surface area contributed by atoms with E-state index in [1.165, 1.54) is 25.7 Å². The van der Waals surface area contributed by atoms with Crippen LogP contribution in [-0.4, -0.2) is 11.6 Å². The second-order valence-electron chi connectivity index (χ2n) is 9.02. The summed E-state index contributed by atoms with van der Waals surface area (Å²) in [6, 6.07) is 0. The number of carbonyl (C=O) groups excluding carboxylic acids is 2. The van der Waals surface area contributed by atoms with E-state index in [-0.39, 0.29) is 10.8 Å². The molecule has 0 bridgehead atoms. The molecule has 0 aromatic carbocycles. The molecule has 4 fully saturated rings. The van der Waals surface area contributed by atoms with Gasteiger partial charge >= 0.3 is 0 Å². The third-order valence-corrected chi connectivity index (χ3v) is 7.98. The number of hydrogen-bond donors (Lipinski definition) is 0. The summed E-state index contributed by atoms with van der Waals surface area (Å²) in [6.45, 7) is 4.77. The number of carbonyl (C=O) groups is 2. The minimum atomic E-state index is 0.241. The summed E-state index contributed by atoms with van der Waals surface area (Å²) < 4.78 is 0. The molecule has 0 radical (unpaired) electrons. The Hall–Kier alpha value is -0.660. The van der Waals surface area contributed by atoms with E-state index in [4.69, 9.17) is 0 Å². The zero-order chi connectivity index (χ0) is 14.8. The second-order valence-corrected chi connectivity index (χ2v) is 9.02. The third-order valence-electron chi connectivity index (χ3n) is 7.98. The van der Waals surface area contributed by atoms with Gasteiger partial charge in [0.1, 0.15) is 11.6 Å². The molecule has 4 rings (SSSR count). The molecule has 0 aliphatic heterocycles. The van der Waals surface area contributed by atoms with E-state index in [0.29, 0.717) is 29.3 Å². The molecule has 4 aliphatic rings. The fraction of sp³-hybridized carbons (Fsp3) is 0.895. The Bertz CT molecular complexity index is 496. The first-order chi connectivity index (χ1) is 9.92. The lowest BCUT2D eigenvalue weighted by atomic mass is 9.45. The molecule has 4 saturated carbocycles. The fourth-order valence-corrected chi connectivity index (χ4v) is 6.91. The Labute approximate surface area is 128 Å². The molecule has 0 saturated heterocycles. The minimum absolute atomic E-state index is 0.241. The Balaban J connectivity index is 1.67. The number of Topliss-reactive ketones (excluding diaryl/α,β-unsaturated/α-hetero) is 2. The highest BCUT2D eigenvalue weighted by atomic mass is 16.1. The van der Waals surface area contributed by atoms with Crippen molar-refractivity contribution in [2.24, 2.45) is 34.5 Å². The van der Waals surface area contributed by atoms with Crippen LogP contribution >= 0.6 is 0 Å². The lowest BCUT2D eigenvalue weighted by Crippen LogP contribution is -2.53. The van der Waals surface area contributed by atoms with Crippen molar-refractivity contribution in [3.63, 3.8) is 0 Å². The number of hydrogen-bond acceptors (Lipinski definition) is 2. The van der Waals surface area contributed by atoms with Gasteiger partial charge < -0.3 is 0 Å². The van der Waals surface area contributed by atoms with E-state index in [0.717, 1.165) is 38.0 Å². The lowest BCUT2D eigenvalue weighted by Gasteiger charge is -2.59. The summed E-state index contributed by atoms with van der Waals surface area (Å²) in [5.74, 6) is 3.77. The average molecular weight is 288 g/mol. The molecule has 0 heterocycles. The van der Waals surface area contributed by atoms with Gasteiger partial charge in [-0.1, -0.05) is 13.8 Å². The first kappa shape index (κ1) is 14.0. The van der Waals surface area contributed by atoms with Gasteiger partial charge in [-0.05, 0) is 66.6 Å². The Morgan fingerprint density at radius 3 is 2.52 bits per heavy atom. The maximum absolute atomic E-state index is 12.1. The Morgan fingerprint density at radius 2 is 1.71 bits per heavy atom. The normalized spacial score (nSPS) is 53.0. The van der Waals surface area contributed by atoms with Crippen molar-refractivity contribution in [1.82, 2.24) is 0 Å². The van der Waals surface area contributed by atoms with Crippen LogP contribution in [0, 0.1) is 34.5 Å². The van der Waals surface area contributed by atoms with Gasteiger partial charge in [0.15, 0.2) is 0 Å². The zero-order valence-electron chi connectivity index (χ0n) is 13.5. The van der Waals surface area contributed by atoms with Crippen LogP contribution in [0.5, 0.6) is 0 Å². The van der Waals surface area contributed by atoms with Crippen LogP contribution in [0.2, 0.25) is 0 Å². The van der Waals surface area contributed by atoms with E-state index in [1.807, 2.05) is 0 Å². The largest absolute Gasteiger partial charge is 0.300 e. The van der Waals surface area contributed by atoms with Crippen molar-refractivity contribution in [3.8, 4) is 0 Å². The van der Waals surface area contributed by atoms with Gasteiger partial charge in [0.2, 0.25) is 0 Å². The predicted octanol–water partition coefficient (Wildman–Crippen LogP) is 4.17. The van der Waals surface area contributed by atoms with Gasteiger partial charge in [-0.2, -0.15) is 0 Å². The van der Waals surface area contributed by atoms with E-state index < -0.39 is 0 Å². The molecule has 0 aromatic heterocycles. The average Bonchev–Trinajstić information content (AvgIpc) is 2.72. The quantitative estimate of drug-likeness (QED) is 0.670. The van der Waals surface area contributed by atoms with Gasteiger partial charge in [0, 0.05) is 25.7 Å². The van der Waals surface area contributed by atoms with E-state index >= 15 is 0 Å². The van der Waals surface area contributed by atoms with Crippen LogP contribution in [0.4, 0.5) is 0 Å². The van der Waals surface area contributed by atoms with Crippen molar-refractivity contribution in [2.45, 2.75) is 71.6 Å². The molecule has 21 heavy (non-hydrogen) atoms. The number of rotatable bonds is 0. The SMILES string of the molecule is CC12CCC3C(CCC4CCC(=O)CC43C)C1CC(=O)C2. The molecule has 0 spiro atoms. The standard InChI is InChI=1S/C19H28O2/c1-18-8-7-16-15(17(18)9-14(21)10-18)6-4-12-3-5-13(20)11-19(12,16)2/h12,15-17H,3-11H2,1-2H3. The van der Waals surface area contributed by atoms with Crippen molar-refractivity contribution >= 4 is 11.6 Å². The van der Waals surface area contributed by atoms with Gasteiger partial charge in [-0.25, -0.2) is 0 Å². The van der Waals surface area contributed by atoms with Crippen LogP contribution in [0.3, 0.4) is 0 Å². The highest BCUT2D eigenvalue weighted by Gasteiger charge is 2.59. The van der Waals surface area contributed by atoms with E-state index in [1.54, 1.807) is 0 Å². The smallest absolute Gasteiger partial charge is 0.133 e. The Kier molecular flexibility index (Phi) is 2.94. The first-order valence-corrected chi connectivity index (χ1v) is 8.96. The summed E-state index contributed by atoms with van der Waals surface area (Å²) in [5, 5.41) is 0. The zero-order valence-corrected chi connectivity index (χ0v) is 13.5. The van der Waals surface area contributed by atoms with E-state index in [2.05, 4.69) is 13.8 Å². The van der Waals surface area contributed by atoms with Gasteiger partial charge in [-0.3, -0.25) is 9.59 Å². The van der Waals surface area contributed by atoms with Gasteiger partial charge in [0.25, 0.3) is 0 Å². The van der Waals surface area contributed by atoms with Crippen LogP contribution in [0.15, 0.2) is 0 Å². The molecule has 2 nitrogen and oxygen atoms in total. The van der Waals surface area contributed by atoms with Crippen molar-refractivity contribution in [3.05, 3.63) is 0 Å². The first-order valence-electron chi connectivity index (χ1n) is 8.96. The molecule has 116 valence electrons. The topological polar surface area (TPSA) is 34.1 Å². The van der Waals surface area contributed by atoms with Gasteiger partial charge in [-0.15, -0.1) is 0 Å². The van der Waals surface area contributed by atoms with Gasteiger partial charge in [0.05, 0.1) is 0 Å². The molecular weight excluding hydrogens is 260 g/mol. The molecule has 2 heteroatoms. The van der Waals surface area contributed by atoms with Crippen LogP contribution < -0.4 is 0 Å². The number of ketones is 2. The summed E-state index contributed by atoms with van der Waals surface area (Å²) in [6.07, 6.45) is 9.48. The second kappa shape index (κ2) is 4.43. The molecule has 0 aromatic rings. The molecule has 6 unspecified atom stereocenters. The fourth-order valence-electron chi connectivity index (χ4n) is 6.91. The minimum Gasteiger partial charge on any atom is -0.300 e. The van der Waals surface area contributed by atoms with E-state index in [9.17, 15) is 9.59 Å².